The number of esters is 1. The summed E-state index contributed by atoms with van der Waals surface area (Å²) in [5, 5.41) is 0. The van der Waals surface area contributed by atoms with Gasteiger partial charge in [-0.3, -0.25) is 0 Å². The van der Waals surface area contributed by atoms with Crippen LogP contribution in [0, 0.1) is 0 Å². The predicted molar refractivity (Wildman–Crippen MR) is 162 cm³/mol. The number of cyclic esters (lactones) is 1. The minimum atomic E-state index is -0.0951. The van der Waals surface area contributed by atoms with Crippen LogP contribution >= 0.6 is 0 Å². The van der Waals surface area contributed by atoms with Gasteiger partial charge in [0.15, 0.2) is 0 Å². The lowest BCUT2D eigenvalue weighted by molar-refractivity contribution is -0.139. The van der Waals surface area contributed by atoms with Gasteiger partial charge in [0.25, 0.3) is 0 Å². The molecular formula is C35H62O4. The molecule has 2 fully saturated rings. The first-order chi connectivity index (χ1) is 19.2. The van der Waals surface area contributed by atoms with Crippen LogP contribution in [-0.4, -0.2) is 36.5 Å². The number of hydrogen-bond acceptors (Lipinski definition) is 4. The van der Waals surface area contributed by atoms with Crippen LogP contribution in [0.15, 0.2) is 11.6 Å². The number of carbonyl (C=O) groups is 1. The van der Waals surface area contributed by atoms with E-state index in [1.807, 2.05) is 13.0 Å². The molecule has 3 heterocycles. The highest BCUT2D eigenvalue weighted by atomic mass is 16.6. The lowest BCUT2D eigenvalue weighted by atomic mass is 10.0. The van der Waals surface area contributed by atoms with E-state index in [1.54, 1.807) is 0 Å². The summed E-state index contributed by atoms with van der Waals surface area (Å²) in [6, 6.07) is 0. The zero-order valence-electron chi connectivity index (χ0n) is 25.8. The Hall–Kier alpha value is -0.870. The average molecular weight is 547 g/mol. The van der Waals surface area contributed by atoms with Gasteiger partial charge in [-0.15, -0.1) is 0 Å². The van der Waals surface area contributed by atoms with Crippen LogP contribution in [0.1, 0.15) is 174 Å². The van der Waals surface area contributed by atoms with Gasteiger partial charge in [-0.1, -0.05) is 129 Å². The van der Waals surface area contributed by atoms with E-state index in [2.05, 4.69) is 6.92 Å². The van der Waals surface area contributed by atoms with Gasteiger partial charge in [0, 0.05) is 5.57 Å². The van der Waals surface area contributed by atoms with Crippen molar-refractivity contribution < 1.29 is 19.0 Å². The van der Waals surface area contributed by atoms with Crippen LogP contribution in [-0.2, 0) is 19.0 Å². The van der Waals surface area contributed by atoms with E-state index in [0.29, 0.717) is 24.4 Å². The first-order valence-corrected chi connectivity index (χ1v) is 17.4. The summed E-state index contributed by atoms with van der Waals surface area (Å²) in [4.78, 5) is 11.6. The van der Waals surface area contributed by atoms with Crippen LogP contribution < -0.4 is 0 Å². The fourth-order valence-electron chi connectivity index (χ4n) is 6.43. The maximum atomic E-state index is 11.6. The quantitative estimate of drug-likeness (QED) is 0.0584. The Morgan fingerprint density at radius 1 is 0.538 bits per heavy atom. The number of carbonyl (C=O) groups excluding carboxylic acids is 1. The summed E-state index contributed by atoms with van der Waals surface area (Å²) in [6.07, 6.45) is 37.3. The second kappa shape index (κ2) is 20.1. The van der Waals surface area contributed by atoms with Crippen molar-refractivity contribution in [2.45, 2.75) is 205 Å². The maximum Gasteiger partial charge on any atom is 0.334 e. The van der Waals surface area contributed by atoms with Gasteiger partial charge in [-0.25, -0.2) is 4.79 Å². The Morgan fingerprint density at radius 3 is 1.33 bits per heavy atom. The van der Waals surface area contributed by atoms with Crippen LogP contribution in [0.3, 0.4) is 0 Å². The summed E-state index contributed by atoms with van der Waals surface area (Å²) >= 11 is 0. The molecule has 0 saturated carbocycles. The predicted octanol–water partition coefficient (Wildman–Crippen LogP) is 10.2. The van der Waals surface area contributed by atoms with E-state index < -0.39 is 0 Å². The van der Waals surface area contributed by atoms with Crippen molar-refractivity contribution in [3.05, 3.63) is 11.6 Å². The molecule has 4 heteroatoms. The van der Waals surface area contributed by atoms with E-state index in [4.69, 9.17) is 14.2 Å². The molecule has 0 aliphatic carbocycles. The molecule has 0 aromatic rings. The molecule has 3 aliphatic rings. The SMILES string of the molecule is CCCCCCCCCCCC[C@H]1O[C@H]1CC[C@H]1O[C@H]1CCCCCCCCCCCCC1=C[C@H](C)OC1=O. The van der Waals surface area contributed by atoms with Crippen LogP contribution in [0.2, 0.25) is 0 Å². The molecule has 0 unspecified atom stereocenters. The highest BCUT2D eigenvalue weighted by Crippen LogP contribution is 2.37. The second-order valence-electron chi connectivity index (χ2n) is 12.9. The molecule has 0 aromatic carbocycles. The molecule has 226 valence electrons. The summed E-state index contributed by atoms with van der Waals surface area (Å²) in [7, 11) is 0. The zero-order valence-corrected chi connectivity index (χ0v) is 25.8. The Labute approximate surface area is 241 Å². The van der Waals surface area contributed by atoms with E-state index in [-0.39, 0.29) is 12.1 Å². The first-order valence-electron chi connectivity index (χ1n) is 17.4. The highest BCUT2D eigenvalue weighted by molar-refractivity contribution is 5.90. The smallest absolute Gasteiger partial charge is 0.334 e. The molecule has 0 spiro atoms. The topological polar surface area (TPSA) is 51.4 Å². The van der Waals surface area contributed by atoms with E-state index in [0.717, 1.165) is 18.4 Å². The van der Waals surface area contributed by atoms with Crippen LogP contribution in [0.5, 0.6) is 0 Å². The van der Waals surface area contributed by atoms with Crippen molar-refractivity contribution in [3.8, 4) is 0 Å². The summed E-state index contributed by atoms with van der Waals surface area (Å²) < 4.78 is 17.0. The molecule has 0 radical (unpaired) electrons. The fourth-order valence-corrected chi connectivity index (χ4v) is 6.43. The third-order valence-corrected chi connectivity index (χ3v) is 9.13. The highest BCUT2D eigenvalue weighted by Gasteiger charge is 2.42. The van der Waals surface area contributed by atoms with Crippen molar-refractivity contribution >= 4 is 5.97 Å². The Morgan fingerprint density at radius 2 is 0.923 bits per heavy atom. The number of unbranched alkanes of at least 4 members (excludes halogenated alkanes) is 18. The minimum absolute atomic E-state index is 0.0231. The molecule has 39 heavy (non-hydrogen) atoms. The van der Waals surface area contributed by atoms with Gasteiger partial charge < -0.3 is 14.2 Å². The summed E-state index contributed by atoms with van der Waals surface area (Å²) in [5.41, 5.74) is 0.894. The molecule has 5 atom stereocenters. The van der Waals surface area contributed by atoms with Crippen molar-refractivity contribution in [1.29, 1.82) is 0 Å². The average Bonchev–Trinajstić information content (AvgIpc) is 3.83. The largest absolute Gasteiger partial charge is 0.455 e. The molecule has 4 nitrogen and oxygen atoms in total. The fraction of sp³-hybridized carbons (Fsp3) is 0.914. The van der Waals surface area contributed by atoms with E-state index >= 15 is 0 Å². The van der Waals surface area contributed by atoms with Crippen LogP contribution in [0.25, 0.3) is 0 Å². The van der Waals surface area contributed by atoms with E-state index in [1.165, 1.54) is 148 Å². The summed E-state index contributed by atoms with van der Waals surface area (Å²) in [6.45, 7) is 4.22. The van der Waals surface area contributed by atoms with Gasteiger partial charge in [0.05, 0.1) is 24.4 Å². The zero-order chi connectivity index (χ0) is 27.5. The van der Waals surface area contributed by atoms with Gasteiger partial charge >= 0.3 is 5.97 Å². The lowest BCUT2D eigenvalue weighted by Crippen LogP contribution is -2.03. The minimum Gasteiger partial charge on any atom is -0.455 e. The standard InChI is InChI=1S/C35H62O4/c1-3-4-5-6-7-8-12-15-18-21-24-31-33(38-31)26-27-34-32(39-34)25-22-19-16-13-10-9-11-14-17-20-23-30-28-29(2)37-35(30)36/h28-29,31-34H,3-27H2,1-2H3/t29-,31+,32-,33-,34+/m0/s1. The van der Waals surface area contributed by atoms with Crippen molar-refractivity contribution in [2.75, 3.05) is 0 Å². The third-order valence-electron chi connectivity index (χ3n) is 9.13. The second-order valence-corrected chi connectivity index (χ2v) is 12.9. The molecule has 2 saturated heterocycles. The molecule has 0 bridgehead atoms. The van der Waals surface area contributed by atoms with Crippen LogP contribution in [0.4, 0.5) is 0 Å². The van der Waals surface area contributed by atoms with Crippen molar-refractivity contribution in [2.24, 2.45) is 0 Å². The van der Waals surface area contributed by atoms with Crippen molar-refractivity contribution in [3.63, 3.8) is 0 Å². The Bertz CT molecular complexity index is 674. The van der Waals surface area contributed by atoms with Gasteiger partial charge in [-0.05, 0) is 51.5 Å². The number of rotatable bonds is 27. The normalized spacial score (nSPS) is 25.6. The molecule has 0 N–H and O–H groups in total. The molecule has 0 amide bonds. The third kappa shape index (κ3) is 15.1. The molecule has 3 aliphatic heterocycles. The van der Waals surface area contributed by atoms with Gasteiger partial charge in [-0.2, -0.15) is 0 Å². The number of ether oxygens (including phenoxy) is 3. The lowest BCUT2D eigenvalue weighted by Gasteiger charge is -2.03. The molecule has 0 aromatic heterocycles. The monoisotopic (exact) mass is 546 g/mol. The molecular weight excluding hydrogens is 484 g/mol. The first kappa shape index (κ1) is 32.6. The maximum absolute atomic E-state index is 11.6. The summed E-state index contributed by atoms with van der Waals surface area (Å²) in [5.74, 6) is -0.0951. The van der Waals surface area contributed by atoms with Gasteiger partial charge in [0.1, 0.15) is 6.10 Å². The Balaban J connectivity index is 0.988. The van der Waals surface area contributed by atoms with Gasteiger partial charge in [0.2, 0.25) is 0 Å². The number of epoxide rings is 2. The Kier molecular flexibility index (Phi) is 16.8. The van der Waals surface area contributed by atoms with E-state index in [9.17, 15) is 4.79 Å². The number of hydrogen-bond donors (Lipinski definition) is 0. The molecule has 3 rings (SSSR count). The van der Waals surface area contributed by atoms with Crippen molar-refractivity contribution in [1.82, 2.24) is 0 Å².